The van der Waals surface area contributed by atoms with Gasteiger partial charge in [-0.1, -0.05) is 23.2 Å². The van der Waals surface area contributed by atoms with Crippen LogP contribution < -0.4 is 10.0 Å². The van der Waals surface area contributed by atoms with Gasteiger partial charge in [-0.25, -0.2) is 13.1 Å². The van der Waals surface area contributed by atoms with Crippen molar-refractivity contribution < 1.29 is 13.2 Å². The van der Waals surface area contributed by atoms with E-state index < -0.39 is 10.0 Å². The van der Waals surface area contributed by atoms with Gasteiger partial charge in [0.05, 0.1) is 21.5 Å². The lowest BCUT2D eigenvalue weighted by molar-refractivity contribution is 0.199. The maximum atomic E-state index is 11.9. The zero-order valence-electron chi connectivity index (χ0n) is 10.9. The molecule has 20 heavy (non-hydrogen) atoms. The summed E-state index contributed by atoms with van der Waals surface area (Å²) in [6, 6.07) is 4.19. The number of nitrogens with one attached hydrogen (secondary N) is 2. The molecule has 0 aliphatic carbocycles. The van der Waals surface area contributed by atoms with E-state index in [1.54, 1.807) is 7.11 Å². The second-order valence-corrected chi connectivity index (χ2v) is 6.30. The third kappa shape index (κ3) is 6.58. The molecule has 0 aliphatic heterocycles. The van der Waals surface area contributed by atoms with Gasteiger partial charge in [0.1, 0.15) is 0 Å². The topological polar surface area (TPSA) is 67.4 Å². The van der Waals surface area contributed by atoms with Crippen molar-refractivity contribution in [2.24, 2.45) is 0 Å². The molecule has 0 saturated carbocycles. The maximum Gasteiger partial charge on any atom is 0.240 e. The van der Waals surface area contributed by atoms with Gasteiger partial charge in [-0.2, -0.15) is 0 Å². The van der Waals surface area contributed by atoms with Crippen LogP contribution in [0.5, 0.6) is 0 Å². The highest BCUT2D eigenvalue weighted by Gasteiger charge is 2.14. The largest absolute Gasteiger partial charge is 0.383 e. The van der Waals surface area contributed by atoms with Crippen molar-refractivity contribution in [1.29, 1.82) is 0 Å². The minimum atomic E-state index is -3.56. The lowest BCUT2D eigenvalue weighted by Crippen LogP contribution is -2.33. The van der Waals surface area contributed by atoms with Crippen LogP contribution in [0.3, 0.4) is 0 Å². The first kappa shape index (κ1) is 19.9. The second-order valence-electron chi connectivity index (χ2n) is 3.72. The summed E-state index contributed by atoms with van der Waals surface area (Å²) in [5, 5.41) is 3.56. The average Bonchev–Trinajstić information content (AvgIpc) is 2.36. The predicted octanol–water partition coefficient (Wildman–Crippen LogP) is 1.93. The third-order valence-corrected chi connectivity index (χ3v) is 4.48. The Bertz CT molecular complexity index is 512. The molecule has 1 rings (SSSR count). The minimum Gasteiger partial charge on any atom is -0.383 e. The Kier molecular flexibility index (Phi) is 9.74. The summed E-state index contributed by atoms with van der Waals surface area (Å²) in [5.74, 6) is 0. The maximum absolute atomic E-state index is 11.9. The number of hydrogen-bond donors (Lipinski definition) is 2. The monoisotopic (exact) mass is 362 g/mol. The standard InChI is InChI=1S/C11H16Cl2N2O3S.ClH/c1-18-7-6-14-4-5-15-19(16,17)9-2-3-10(12)11(13)8-9;/h2-3,8,14-15H,4-7H2,1H3;1H. The Morgan fingerprint density at radius 3 is 2.45 bits per heavy atom. The molecule has 2 N–H and O–H groups in total. The quantitative estimate of drug-likeness (QED) is 0.693. The molecule has 1 aromatic rings. The summed E-state index contributed by atoms with van der Waals surface area (Å²) < 4.78 is 31.2. The second kappa shape index (κ2) is 9.78. The van der Waals surface area contributed by atoms with Crippen LogP contribution in [0, 0.1) is 0 Å². The fourth-order valence-corrected chi connectivity index (χ4v) is 2.72. The van der Waals surface area contributed by atoms with Gasteiger partial charge in [-0.15, -0.1) is 12.4 Å². The van der Waals surface area contributed by atoms with Gasteiger partial charge in [0, 0.05) is 26.7 Å². The van der Waals surface area contributed by atoms with E-state index >= 15 is 0 Å². The first-order chi connectivity index (χ1) is 8.97. The van der Waals surface area contributed by atoms with Crippen molar-refractivity contribution in [3.05, 3.63) is 28.2 Å². The Morgan fingerprint density at radius 2 is 1.85 bits per heavy atom. The van der Waals surface area contributed by atoms with Gasteiger partial charge >= 0.3 is 0 Å². The van der Waals surface area contributed by atoms with E-state index in [-0.39, 0.29) is 28.9 Å². The van der Waals surface area contributed by atoms with Crippen LogP contribution >= 0.6 is 35.6 Å². The Labute approximate surface area is 135 Å². The fraction of sp³-hybridized carbons (Fsp3) is 0.455. The average molecular weight is 364 g/mol. The predicted molar refractivity (Wildman–Crippen MR) is 83.6 cm³/mol. The smallest absolute Gasteiger partial charge is 0.240 e. The molecule has 0 unspecified atom stereocenters. The molecule has 0 spiro atoms. The summed E-state index contributed by atoms with van der Waals surface area (Å²) in [7, 11) is -1.95. The molecule has 0 radical (unpaired) electrons. The van der Waals surface area contributed by atoms with Crippen LogP contribution in [0.2, 0.25) is 10.0 Å². The minimum absolute atomic E-state index is 0. The van der Waals surface area contributed by atoms with Gasteiger partial charge in [0.25, 0.3) is 0 Å². The highest BCUT2D eigenvalue weighted by molar-refractivity contribution is 7.89. The van der Waals surface area contributed by atoms with Crippen molar-refractivity contribution in [3.63, 3.8) is 0 Å². The summed E-state index contributed by atoms with van der Waals surface area (Å²) in [6.07, 6.45) is 0. The molecule has 9 heteroatoms. The highest BCUT2D eigenvalue weighted by atomic mass is 35.5. The zero-order valence-corrected chi connectivity index (χ0v) is 14.0. The van der Waals surface area contributed by atoms with Gasteiger partial charge in [0.15, 0.2) is 0 Å². The Balaban J connectivity index is 0.00000361. The molecule has 1 aromatic carbocycles. The van der Waals surface area contributed by atoms with E-state index in [1.807, 2.05) is 0 Å². The van der Waals surface area contributed by atoms with Gasteiger partial charge < -0.3 is 10.1 Å². The number of methoxy groups -OCH3 is 1. The van der Waals surface area contributed by atoms with Crippen LogP contribution in [-0.4, -0.2) is 41.8 Å². The number of halogens is 3. The lowest BCUT2D eigenvalue weighted by atomic mass is 10.4. The molecular formula is C11H17Cl3N2O3S. The molecule has 0 saturated heterocycles. The van der Waals surface area contributed by atoms with Gasteiger partial charge in [-0.3, -0.25) is 0 Å². The van der Waals surface area contributed by atoms with E-state index in [4.69, 9.17) is 27.9 Å². The number of hydrogen-bond acceptors (Lipinski definition) is 4. The fourth-order valence-electron chi connectivity index (χ4n) is 1.30. The van der Waals surface area contributed by atoms with Crippen LogP contribution in [0.1, 0.15) is 0 Å². The van der Waals surface area contributed by atoms with Crippen molar-refractivity contribution in [2.75, 3.05) is 33.4 Å². The number of ether oxygens (including phenoxy) is 1. The Morgan fingerprint density at radius 1 is 1.15 bits per heavy atom. The lowest BCUT2D eigenvalue weighted by Gasteiger charge is -2.08. The molecule has 0 bridgehead atoms. The van der Waals surface area contributed by atoms with Crippen molar-refractivity contribution >= 4 is 45.6 Å². The molecule has 0 heterocycles. The third-order valence-electron chi connectivity index (χ3n) is 2.28. The summed E-state index contributed by atoms with van der Waals surface area (Å²) in [4.78, 5) is 0.0961. The van der Waals surface area contributed by atoms with E-state index in [0.717, 1.165) is 0 Å². The van der Waals surface area contributed by atoms with Gasteiger partial charge in [0.2, 0.25) is 10.0 Å². The van der Waals surface area contributed by atoms with Crippen LogP contribution in [0.25, 0.3) is 0 Å². The van der Waals surface area contributed by atoms with Crippen LogP contribution in [0.4, 0.5) is 0 Å². The van der Waals surface area contributed by atoms with E-state index in [1.165, 1.54) is 18.2 Å². The van der Waals surface area contributed by atoms with Crippen molar-refractivity contribution in [2.45, 2.75) is 4.90 Å². The number of benzene rings is 1. The Hall–Kier alpha value is -0.0800. The summed E-state index contributed by atoms with van der Waals surface area (Å²) in [6.45, 7) is 2.06. The first-order valence-electron chi connectivity index (χ1n) is 5.62. The number of rotatable bonds is 8. The number of sulfonamides is 1. The van der Waals surface area contributed by atoms with Gasteiger partial charge in [-0.05, 0) is 18.2 Å². The molecule has 0 fully saturated rings. The molecular weight excluding hydrogens is 347 g/mol. The highest BCUT2D eigenvalue weighted by Crippen LogP contribution is 2.24. The SMILES string of the molecule is COCCNCCNS(=O)(=O)c1ccc(Cl)c(Cl)c1.Cl. The van der Waals surface area contributed by atoms with Crippen molar-refractivity contribution in [1.82, 2.24) is 10.0 Å². The normalized spacial score (nSPS) is 11.2. The molecule has 0 amide bonds. The van der Waals surface area contributed by atoms with E-state index in [2.05, 4.69) is 10.0 Å². The molecule has 0 aliphatic rings. The zero-order chi connectivity index (χ0) is 14.3. The van der Waals surface area contributed by atoms with Crippen LogP contribution in [-0.2, 0) is 14.8 Å². The van der Waals surface area contributed by atoms with Crippen LogP contribution in [0.15, 0.2) is 23.1 Å². The van der Waals surface area contributed by atoms with E-state index in [0.29, 0.717) is 24.7 Å². The summed E-state index contributed by atoms with van der Waals surface area (Å²) >= 11 is 11.5. The molecule has 116 valence electrons. The molecule has 0 atom stereocenters. The van der Waals surface area contributed by atoms with Crippen molar-refractivity contribution in [3.8, 4) is 0 Å². The summed E-state index contributed by atoms with van der Waals surface area (Å²) in [5.41, 5.74) is 0. The molecule has 0 aromatic heterocycles. The van der Waals surface area contributed by atoms with E-state index in [9.17, 15) is 8.42 Å². The first-order valence-corrected chi connectivity index (χ1v) is 7.85. The molecule has 5 nitrogen and oxygen atoms in total.